The van der Waals surface area contributed by atoms with Gasteiger partial charge in [0, 0.05) is 16.3 Å². The highest BCUT2D eigenvalue weighted by atomic mass is 16.3. The zero-order valence-corrected chi connectivity index (χ0v) is 9.87. The molecule has 0 saturated heterocycles. The SMILES string of the molecule is CC#Cc1ccc2oc3ccc(C)cc3c2c1. The molecule has 0 aliphatic carbocycles. The Kier molecular flexibility index (Phi) is 2.16. The number of aryl methyl sites for hydroxylation is 1. The van der Waals surface area contributed by atoms with E-state index in [1.54, 1.807) is 0 Å². The van der Waals surface area contributed by atoms with Crippen LogP contribution in [0.3, 0.4) is 0 Å². The van der Waals surface area contributed by atoms with Crippen molar-refractivity contribution >= 4 is 21.9 Å². The molecule has 0 aliphatic heterocycles. The number of fused-ring (bicyclic) bond motifs is 3. The Bertz CT molecular complexity index is 766. The summed E-state index contributed by atoms with van der Waals surface area (Å²) in [5, 5.41) is 2.31. The maximum Gasteiger partial charge on any atom is 0.135 e. The third kappa shape index (κ3) is 1.59. The monoisotopic (exact) mass is 220 g/mol. The molecule has 82 valence electrons. The summed E-state index contributed by atoms with van der Waals surface area (Å²) in [6, 6.07) is 12.3. The van der Waals surface area contributed by atoms with Crippen LogP contribution in [0.25, 0.3) is 21.9 Å². The number of furan rings is 1. The number of benzene rings is 2. The highest BCUT2D eigenvalue weighted by Gasteiger charge is 2.06. The molecule has 17 heavy (non-hydrogen) atoms. The third-order valence-electron chi connectivity index (χ3n) is 2.89. The molecule has 1 aromatic heterocycles. The molecule has 0 saturated carbocycles. The summed E-state index contributed by atoms with van der Waals surface area (Å²) >= 11 is 0. The van der Waals surface area contributed by atoms with Gasteiger partial charge in [0.15, 0.2) is 0 Å². The molecule has 1 heterocycles. The van der Waals surface area contributed by atoms with Crippen LogP contribution in [-0.4, -0.2) is 0 Å². The van der Waals surface area contributed by atoms with E-state index in [1.807, 2.05) is 25.1 Å². The van der Waals surface area contributed by atoms with E-state index in [0.717, 1.165) is 22.1 Å². The first kappa shape index (κ1) is 9.99. The van der Waals surface area contributed by atoms with E-state index in [2.05, 4.69) is 37.0 Å². The lowest BCUT2D eigenvalue weighted by Crippen LogP contribution is -1.74. The van der Waals surface area contributed by atoms with E-state index in [9.17, 15) is 0 Å². The fraction of sp³-hybridized carbons (Fsp3) is 0.125. The standard InChI is InChI=1S/C16H12O/c1-3-4-12-6-8-16-14(10-12)13-9-11(2)5-7-15(13)17-16/h5-10H,1-2H3. The number of hydrogen-bond acceptors (Lipinski definition) is 1. The van der Waals surface area contributed by atoms with E-state index >= 15 is 0 Å². The highest BCUT2D eigenvalue weighted by molar-refractivity contribution is 6.05. The predicted octanol–water partition coefficient (Wildman–Crippen LogP) is 4.27. The lowest BCUT2D eigenvalue weighted by atomic mass is 10.1. The van der Waals surface area contributed by atoms with Crippen molar-refractivity contribution in [3.8, 4) is 11.8 Å². The van der Waals surface area contributed by atoms with Gasteiger partial charge in [-0.1, -0.05) is 17.6 Å². The maximum absolute atomic E-state index is 5.79. The second-order valence-electron chi connectivity index (χ2n) is 4.19. The molecule has 0 bridgehead atoms. The second-order valence-corrected chi connectivity index (χ2v) is 4.19. The maximum atomic E-state index is 5.79. The summed E-state index contributed by atoms with van der Waals surface area (Å²) < 4.78 is 5.79. The van der Waals surface area contributed by atoms with Crippen molar-refractivity contribution in [2.45, 2.75) is 13.8 Å². The molecule has 0 amide bonds. The minimum absolute atomic E-state index is 0.923. The van der Waals surface area contributed by atoms with E-state index < -0.39 is 0 Å². The Morgan fingerprint density at radius 1 is 0.941 bits per heavy atom. The quantitative estimate of drug-likeness (QED) is 0.516. The average molecular weight is 220 g/mol. The van der Waals surface area contributed by atoms with Gasteiger partial charge in [-0.3, -0.25) is 0 Å². The van der Waals surface area contributed by atoms with Crippen LogP contribution in [0, 0.1) is 18.8 Å². The first-order chi connectivity index (χ1) is 8.28. The fourth-order valence-corrected chi connectivity index (χ4v) is 2.11. The lowest BCUT2D eigenvalue weighted by molar-refractivity contribution is 0.669. The van der Waals surface area contributed by atoms with Crippen molar-refractivity contribution in [1.82, 2.24) is 0 Å². The highest BCUT2D eigenvalue weighted by Crippen LogP contribution is 2.29. The molecule has 3 rings (SSSR count). The number of rotatable bonds is 0. The first-order valence-electron chi connectivity index (χ1n) is 5.63. The van der Waals surface area contributed by atoms with E-state index in [1.165, 1.54) is 10.9 Å². The van der Waals surface area contributed by atoms with E-state index in [0.29, 0.717) is 0 Å². The Hall–Kier alpha value is -2.20. The molecule has 0 aliphatic rings. The largest absolute Gasteiger partial charge is 0.456 e. The minimum atomic E-state index is 0.923. The molecule has 0 unspecified atom stereocenters. The van der Waals surface area contributed by atoms with Crippen LogP contribution < -0.4 is 0 Å². The van der Waals surface area contributed by atoms with Crippen molar-refractivity contribution in [2.75, 3.05) is 0 Å². The minimum Gasteiger partial charge on any atom is -0.456 e. The van der Waals surface area contributed by atoms with Gasteiger partial charge in [-0.2, -0.15) is 0 Å². The molecular weight excluding hydrogens is 208 g/mol. The summed E-state index contributed by atoms with van der Waals surface area (Å²) in [6.45, 7) is 3.94. The zero-order valence-electron chi connectivity index (χ0n) is 9.87. The average Bonchev–Trinajstić information content (AvgIpc) is 2.67. The van der Waals surface area contributed by atoms with E-state index in [4.69, 9.17) is 4.42 Å². The van der Waals surface area contributed by atoms with Gasteiger partial charge in [-0.05, 0) is 44.2 Å². The molecule has 0 spiro atoms. The van der Waals surface area contributed by atoms with Gasteiger partial charge in [0.1, 0.15) is 11.2 Å². The van der Waals surface area contributed by atoms with Crippen molar-refractivity contribution in [3.05, 3.63) is 47.5 Å². The van der Waals surface area contributed by atoms with Crippen molar-refractivity contribution in [1.29, 1.82) is 0 Å². The molecule has 3 aromatic rings. The van der Waals surface area contributed by atoms with Crippen LogP contribution in [0.15, 0.2) is 40.8 Å². The molecule has 0 radical (unpaired) electrons. The van der Waals surface area contributed by atoms with Crippen molar-refractivity contribution < 1.29 is 4.42 Å². The van der Waals surface area contributed by atoms with Gasteiger partial charge >= 0.3 is 0 Å². The molecule has 0 N–H and O–H groups in total. The molecule has 1 heteroatoms. The lowest BCUT2D eigenvalue weighted by Gasteiger charge is -1.93. The van der Waals surface area contributed by atoms with Crippen LogP contribution in [0.4, 0.5) is 0 Å². The van der Waals surface area contributed by atoms with Crippen molar-refractivity contribution in [3.63, 3.8) is 0 Å². The molecular formula is C16H12O. The predicted molar refractivity (Wildman–Crippen MR) is 71.0 cm³/mol. The Balaban J connectivity index is 2.42. The smallest absolute Gasteiger partial charge is 0.135 e. The van der Waals surface area contributed by atoms with Gasteiger partial charge in [-0.15, -0.1) is 5.92 Å². The van der Waals surface area contributed by atoms with Crippen LogP contribution >= 0.6 is 0 Å². The normalized spacial score (nSPS) is 10.5. The number of hydrogen-bond donors (Lipinski definition) is 0. The Morgan fingerprint density at radius 2 is 1.65 bits per heavy atom. The fourth-order valence-electron chi connectivity index (χ4n) is 2.11. The Morgan fingerprint density at radius 3 is 2.41 bits per heavy atom. The summed E-state index contributed by atoms with van der Waals surface area (Å²) in [5.41, 5.74) is 4.14. The van der Waals surface area contributed by atoms with Gasteiger partial charge in [0.25, 0.3) is 0 Å². The van der Waals surface area contributed by atoms with Crippen LogP contribution in [-0.2, 0) is 0 Å². The zero-order chi connectivity index (χ0) is 11.8. The van der Waals surface area contributed by atoms with Crippen molar-refractivity contribution in [2.24, 2.45) is 0 Å². The summed E-state index contributed by atoms with van der Waals surface area (Å²) in [7, 11) is 0. The van der Waals surface area contributed by atoms with Gasteiger partial charge < -0.3 is 4.42 Å². The Labute approximate surface area is 100 Å². The summed E-state index contributed by atoms with van der Waals surface area (Å²) in [4.78, 5) is 0. The third-order valence-corrected chi connectivity index (χ3v) is 2.89. The molecule has 1 nitrogen and oxygen atoms in total. The molecule has 2 aromatic carbocycles. The van der Waals surface area contributed by atoms with Gasteiger partial charge in [0.05, 0.1) is 0 Å². The second kappa shape index (κ2) is 3.68. The van der Waals surface area contributed by atoms with E-state index in [-0.39, 0.29) is 0 Å². The molecule has 0 atom stereocenters. The first-order valence-corrected chi connectivity index (χ1v) is 5.63. The van der Waals surface area contributed by atoms with Crippen LogP contribution in [0.1, 0.15) is 18.1 Å². The topological polar surface area (TPSA) is 13.1 Å². The van der Waals surface area contributed by atoms with Crippen LogP contribution in [0.2, 0.25) is 0 Å². The van der Waals surface area contributed by atoms with Gasteiger partial charge in [0.2, 0.25) is 0 Å². The summed E-state index contributed by atoms with van der Waals surface area (Å²) in [5.74, 6) is 6.00. The van der Waals surface area contributed by atoms with Crippen LogP contribution in [0.5, 0.6) is 0 Å². The summed E-state index contributed by atoms with van der Waals surface area (Å²) in [6.07, 6.45) is 0. The molecule has 0 fully saturated rings. The van der Waals surface area contributed by atoms with Gasteiger partial charge in [-0.25, -0.2) is 0 Å².